The lowest BCUT2D eigenvalue weighted by Gasteiger charge is -2.41. The van der Waals surface area contributed by atoms with Gasteiger partial charge in [-0.15, -0.1) is 0 Å². The van der Waals surface area contributed by atoms with Crippen molar-refractivity contribution in [2.24, 2.45) is 11.8 Å². The smallest absolute Gasteiger partial charge is 0.0808 e. The van der Waals surface area contributed by atoms with Gasteiger partial charge in [0.25, 0.3) is 0 Å². The molecule has 0 saturated heterocycles. The summed E-state index contributed by atoms with van der Waals surface area (Å²) in [5.41, 5.74) is 0.149. The topological polar surface area (TPSA) is 21.3 Å². The Bertz CT molecular complexity index is 237. The van der Waals surface area contributed by atoms with Crippen LogP contribution >= 0.6 is 0 Å². The summed E-state index contributed by atoms with van der Waals surface area (Å²) in [5.74, 6) is 1.68. The van der Waals surface area contributed by atoms with Gasteiger partial charge in [-0.05, 0) is 44.1 Å². The molecule has 0 aromatic heterocycles. The third kappa shape index (κ3) is 3.96. The third-order valence-corrected chi connectivity index (χ3v) is 4.85. The molecule has 0 heterocycles. The molecule has 2 unspecified atom stereocenters. The third-order valence-electron chi connectivity index (χ3n) is 4.85. The van der Waals surface area contributed by atoms with E-state index >= 15 is 0 Å². The number of hydrogen-bond donors (Lipinski definition) is 1. The van der Waals surface area contributed by atoms with Crippen LogP contribution < -0.4 is 5.32 Å². The van der Waals surface area contributed by atoms with E-state index in [1.54, 1.807) is 0 Å². The van der Waals surface area contributed by atoms with Crippen LogP contribution in [0.4, 0.5) is 0 Å². The molecule has 2 saturated carbocycles. The normalized spacial score (nSPS) is 34.0. The molecule has 106 valence electrons. The van der Waals surface area contributed by atoms with Gasteiger partial charge in [-0.1, -0.05) is 39.5 Å². The van der Waals surface area contributed by atoms with E-state index in [2.05, 4.69) is 19.2 Å². The summed E-state index contributed by atoms with van der Waals surface area (Å²) < 4.78 is 6.46. The molecule has 2 aliphatic rings. The van der Waals surface area contributed by atoms with E-state index in [9.17, 15) is 0 Å². The van der Waals surface area contributed by atoms with Gasteiger partial charge in [0.15, 0.2) is 0 Å². The Morgan fingerprint density at radius 3 is 2.61 bits per heavy atom. The molecule has 2 fully saturated rings. The number of likely N-dealkylation sites (N-methyl/N-ethyl adjacent to an activating group) is 1. The highest BCUT2D eigenvalue weighted by Gasteiger charge is 2.36. The zero-order chi connectivity index (χ0) is 12.8. The molecule has 0 aromatic carbocycles. The molecule has 0 radical (unpaired) electrons. The molecule has 0 bridgehead atoms. The van der Waals surface area contributed by atoms with E-state index < -0.39 is 0 Å². The molecule has 18 heavy (non-hydrogen) atoms. The molecule has 0 aromatic rings. The van der Waals surface area contributed by atoms with E-state index in [-0.39, 0.29) is 5.60 Å². The highest BCUT2D eigenvalue weighted by molar-refractivity contribution is 4.89. The fraction of sp³-hybridized carbons (Fsp3) is 1.00. The maximum atomic E-state index is 6.46. The minimum Gasteiger partial charge on any atom is -0.373 e. The first kappa shape index (κ1) is 14.3. The Morgan fingerprint density at radius 1 is 1.17 bits per heavy atom. The SMILES string of the molecule is CCNCC1(OCC2CCCC2)CCCC(C)C1. The van der Waals surface area contributed by atoms with Crippen LogP contribution in [0.2, 0.25) is 0 Å². The Kier molecular flexibility index (Phi) is 5.50. The molecule has 2 atom stereocenters. The Hall–Kier alpha value is -0.0800. The molecular weight excluding hydrogens is 222 g/mol. The molecule has 1 N–H and O–H groups in total. The van der Waals surface area contributed by atoms with Crippen LogP contribution in [0.25, 0.3) is 0 Å². The maximum Gasteiger partial charge on any atom is 0.0808 e. The molecule has 2 rings (SSSR count). The van der Waals surface area contributed by atoms with Crippen molar-refractivity contribution < 1.29 is 4.74 Å². The highest BCUT2D eigenvalue weighted by atomic mass is 16.5. The van der Waals surface area contributed by atoms with Crippen LogP contribution in [0.3, 0.4) is 0 Å². The summed E-state index contributed by atoms with van der Waals surface area (Å²) in [7, 11) is 0. The Labute approximate surface area is 113 Å². The fourth-order valence-corrected chi connectivity index (χ4v) is 3.78. The summed E-state index contributed by atoms with van der Waals surface area (Å²) >= 11 is 0. The van der Waals surface area contributed by atoms with Crippen LogP contribution in [0.5, 0.6) is 0 Å². The number of nitrogens with one attached hydrogen (secondary N) is 1. The van der Waals surface area contributed by atoms with Gasteiger partial charge in [-0.3, -0.25) is 0 Å². The van der Waals surface area contributed by atoms with Crippen molar-refractivity contribution in [3.63, 3.8) is 0 Å². The molecular formula is C16H31NO. The molecule has 2 nitrogen and oxygen atoms in total. The van der Waals surface area contributed by atoms with Crippen LogP contribution in [0.1, 0.15) is 65.2 Å². The van der Waals surface area contributed by atoms with Gasteiger partial charge in [-0.25, -0.2) is 0 Å². The van der Waals surface area contributed by atoms with E-state index in [1.807, 2.05) is 0 Å². The number of ether oxygens (including phenoxy) is 1. The van der Waals surface area contributed by atoms with Gasteiger partial charge >= 0.3 is 0 Å². The predicted molar refractivity (Wildman–Crippen MR) is 76.8 cm³/mol. The second-order valence-corrected chi connectivity index (χ2v) is 6.63. The lowest BCUT2D eigenvalue weighted by Crippen LogP contribution is -2.47. The zero-order valence-corrected chi connectivity index (χ0v) is 12.3. The van der Waals surface area contributed by atoms with Crippen molar-refractivity contribution in [2.45, 2.75) is 70.8 Å². The van der Waals surface area contributed by atoms with Crippen molar-refractivity contribution in [1.29, 1.82) is 0 Å². The largest absolute Gasteiger partial charge is 0.373 e. The van der Waals surface area contributed by atoms with Crippen molar-refractivity contribution in [1.82, 2.24) is 5.32 Å². The number of rotatable bonds is 6. The second-order valence-electron chi connectivity index (χ2n) is 6.63. The Morgan fingerprint density at radius 2 is 1.94 bits per heavy atom. The minimum atomic E-state index is 0.149. The molecule has 0 aliphatic heterocycles. The monoisotopic (exact) mass is 253 g/mol. The minimum absolute atomic E-state index is 0.149. The van der Waals surface area contributed by atoms with Crippen molar-refractivity contribution in [2.75, 3.05) is 19.7 Å². The second kappa shape index (κ2) is 6.91. The van der Waals surface area contributed by atoms with Gasteiger partial charge in [-0.2, -0.15) is 0 Å². The van der Waals surface area contributed by atoms with E-state index in [4.69, 9.17) is 4.74 Å². The predicted octanol–water partition coefficient (Wildman–Crippen LogP) is 3.75. The standard InChI is InChI=1S/C16H31NO/c1-3-17-13-16(10-6-7-14(2)11-16)18-12-15-8-4-5-9-15/h14-15,17H,3-13H2,1-2H3. The zero-order valence-electron chi connectivity index (χ0n) is 12.3. The van der Waals surface area contributed by atoms with Crippen molar-refractivity contribution in [3.8, 4) is 0 Å². The fourth-order valence-electron chi connectivity index (χ4n) is 3.78. The summed E-state index contributed by atoms with van der Waals surface area (Å²) in [6.45, 7) is 7.71. The first-order chi connectivity index (χ1) is 8.74. The average molecular weight is 253 g/mol. The van der Waals surface area contributed by atoms with Crippen LogP contribution in [0, 0.1) is 11.8 Å². The van der Waals surface area contributed by atoms with Crippen LogP contribution in [0.15, 0.2) is 0 Å². The van der Waals surface area contributed by atoms with Gasteiger partial charge in [0.1, 0.15) is 0 Å². The summed E-state index contributed by atoms with van der Waals surface area (Å²) in [6, 6.07) is 0. The molecule has 0 spiro atoms. The van der Waals surface area contributed by atoms with E-state index in [1.165, 1.54) is 51.4 Å². The molecule has 2 aliphatic carbocycles. The number of hydrogen-bond acceptors (Lipinski definition) is 2. The van der Waals surface area contributed by atoms with E-state index in [0.29, 0.717) is 0 Å². The van der Waals surface area contributed by atoms with Gasteiger partial charge < -0.3 is 10.1 Å². The molecule has 2 heteroatoms. The van der Waals surface area contributed by atoms with E-state index in [0.717, 1.165) is 31.5 Å². The summed E-state index contributed by atoms with van der Waals surface area (Å²) in [5, 5.41) is 3.53. The lowest BCUT2D eigenvalue weighted by atomic mass is 9.78. The summed E-state index contributed by atoms with van der Waals surface area (Å²) in [6.07, 6.45) is 10.9. The van der Waals surface area contributed by atoms with Crippen molar-refractivity contribution >= 4 is 0 Å². The molecule has 0 amide bonds. The first-order valence-electron chi connectivity index (χ1n) is 8.09. The van der Waals surface area contributed by atoms with Crippen LogP contribution in [-0.4, -0.2) is 25.3 Å². The van der Waals surface area contributed by atoms with Gasteiger partial charge in [0, 0.05) is 6.54 Å². The Balaban J connectivity index is 1.86. The quantitative estimate of drug-likeness (QED) is 0.778. The highest BCUT2D eigenvalue weighted by Crippen LogP contribution is 2.36. The van der Waals surface area contributed by atoms with Gasteiger partial charge in [0.05, 0.1) is 12.2 Å². The average Bonchev–Trinajstić information content (AvgIpc) is 2.87. The van der Waals surface area contributed by atoms with Gasteiger partial charge in [0.2, 0.25) is 0 Å². The maximum absolute atomic E-state index is 6.46. The first-order valence-corrected chi connectivity index (χ1v) is 8.09. The lowest BCUT2D eigenvalue weighted by molar-refractivity contribution is -0.0906. The van der Waals surface area contributed by atoms with Crippen LogP contribution in [-0.2, 0) is 4.74 Å². The van der Waals surface area contributed by atoms with Crippen molar-refractivity contribution in [3.05, 3.63) is 0 Å². The summed E-state index contributed by atoms with van der Waals surface area (Å²) in [4.78, 5) is 0.